The van der Waals surface area contributed by atoms with E-state index in [2.05, 4.69) is 10.3 Å². The Hall–Kier alpha value is -1.98. The van der Waals surface area contributed by atoms with Crippen molar-refractivity contribution in [3.63, 3.8) is 0 Å². The van der Waals surface area contributed by atoms with Crippen molar-refractivity contribution in [2.45, 2.75) is 31.3 Å². The topological polar surface area (TPSA) is 54.5 Å². The molecule has 1 fully saturated rings. The van der Waals surface area contributed by atoms with E-state index in [4.69, 9.17) is 27.9 Å². The largest absolute Gasteiger partial charge is 0.481 e. The van der Waals surface area contributed by atoms with Crippen LogP contribution in [0.15, 0.2) is 30.5 Å². The van der Waals surface area contributed by atoms with Crippen LogP contribution in [-0.2, 0) is 6.42 Å². The van der Waals surface area contributed by atoms with Gasteiger partial charge in [-0.05, 0) is 48.6 Å². The van der Waals surface area contributed by atoms with Crippen molar-refractivity contribution in [1.29, 1.82) is 0 Å². The number of nitrogens with one attached hydrogen (secondary N) is 1. The monoisotopic (exact) mass is 377 g/mol. The number of pyridine rings is 1. The standard InChI is InChI=1S/C18H17Cl2N3O2/c1-25-17-7-10-6-12-3-5-16(13(10)9-21-17)23(12)18(24)22-11-2-4-14(19)15(20)8-11/h2,4,7-9,12,16H,3,5-6H2,1H3,(H,22,24). The zero-order chi connectivity index (χ0) is 17.6. The summed E-state index contributed by atoms with van der Waals surface area (Å²) < 4.78 is 5.22. The smallest absolute Gasteiger partial charge is 0.322 e. The molecule has 1 aromatic carbocycles. The first kappa shape index (κ1) is 16.5. The van der Waals surface area contributed by atoms with E-state index in [0.29, 0.717) is 21.6 Å². The van der Waals surface area contributed by atoms with Crippen LogP contribution in [0.25, 0.3) is 0 Å². The average Bonchev–Trinajstić information content (AvgIpc) is 2.93. The number of anilines is 1. The fraction of sp³-hybridized carbons (Fsp3) is 0.333. The van der Waals surface area contributed by atoms with Crippen LogP contribution in [0.2, 0.25) is 10.0 Å². The normalized spacial score (nSPS) is 21.0. The lowest BCUT2D eigenvalue weighted by Crippen LogP contribution is -2.44. The third-order valence-corrected chi connectivity index (χ3v) is 5.67. The molecule has 0 aliphatic carbocycles. The number of hydrogen-bond donors (Lipinski definition) is 1. The van der Waals surface area contributed by atoms with E-state index in [-0.39, 0.29) is 18.1 Å². The maximum absolute atomic E-state index is 12.9. The summed E-state index contributed by atoms with van der Waals surface area (Å²) in [5.74, 6) is 0.617. The molecule has 2 atom stereocenters. The highest BCUT2D eigenvalue weighted by Gasteiger charge is 2.42. The Morgan fingerprint density at radius 2 is 2.12 bits per heavy atom. The predicted octanol–water partition coefficient (Wildman–Crippen LogP) is 4.69. The highest BCUT2D eigenvalue weighted by molar-refractivity contribution is 6.42. The lowest BCUT2D eigenvalue weighted by Gasteiger charge is -2.36. The number of rotatable bonds is 2. The second-order valence-corrected chi connectivity index (χ2v) is 7.16. The maximum atomic E-state index is 12.9. The van der Waals surface area contributed by atoms with E-state index >= 15 is 0 Å². The Kier molecular flexibility index (Phi) is 4.21. The van der Waals surface area contributed by atoms with E-state index in [1.54, 1.807) is 25.3 Å². The first-order chi connectivity index (χ1) is 12.1. The zero-order valence-corrected chi connectivity index (χ0v) is 15.1. The molecule has 0 saturated carbocycles. The Morgan fingerprint density at radius 1 is 1.28 bits per heavy atom. The zero-order valence-electron chi connectivity index (χ0n) is 13.6. The average molecular weight is 378 g/mol. The van der Waals surface area contributed by atoms with Crippen molar-refractivity contribution in [2.24, 2.45) is 0 Å². The number of hydrogen-bond acceptors (Lipinski definition) is 3. The summed E-state index contributed by atoms with van der Waals surface area (Å²) in [6, 6.07) is 7.19. The van der Waals surface area contributed by atoms with Gasteiger partial charge >= 0.3 is 6.03 Å². The van der Waals surface area contributed by atoms with Gasteiger partial charge in [0.2, 0.25) is 5.88 Å². The van der Waals surface area contributed by atoms with Crippen molar-refractivity contribution in [2.75, 3.05) is 12.4 Å². The summed E-state index contributed by atoms with van der Waals surface area (Å²) in [4.78, 5) is 19.1. The number of ether oxygens (including phenoxy) is 1. The van der Waals surface area contributed by atoms with Gasteiger partial charge in [-0.3, -0.25) is 0 Å². The van der Waals surface area contributed by atoms with Crippen LogP contribution in [0.3, 0.4) is 0 Å². The van der Waals surface area contributed by atoms with Gasteiger partial charge in [0.15, 0.2) is 0 Å². The van der Waals surface area contributed by atoms with Gasteiger partial charge in [-0.2, -0.15) is 0 Å². The van der Waals surface area contributed by atoms with Gasteiger partial charge < -0.3 is 15.0 Å². The molecule has 2 aliphatic heterocycles. The molecule has 2 bridgehead atoms. The van der Waals surface area contributed by atoms with Crippen LogP contribution in [0.4, 0.5) is 10.5 Å². The molecule has 0 spiro atoms. The molecule has 1 saturated heterocycles. The fourth-order valence-corrected chi connectivity index (χ4v) is 4.08. The van der Waals surface area contributed by atoms with Crippen molar-refractivity contribution >= 4 is 34.9 Å². The van der Waals surface area contributed by atoms with Gasteiger partial charge in [-0.1, -0.05) is 23.2 Å². The van der Waals surface area contributed by atoms with Crippen LogP contribution < -0.4 is 10.1 Å². The summed E-state index contributed by atoms with van der Waals surface area (Å²) in [6.07, 6.45) is 4.58. The lowest BCUT2D eigenvalue weighted by molar-refractivity contribution is 0.179. The second kappa shape index (κ2) is 6.39. The van der Waals surface area contributed by atoms with Gasteiger partial charge in [0.1, 0.15) is 0 Å². The summed E-state index contributed by atoms with van der Waals surface area (Å²) in [6.45, 7) is 0. The van der Waals surface area contributed by atoms with Crippen molar-refractivity contribution in [1.82, 2.24) is 9.88 Å². The number of fused-ring (bicyclic) bond motifs is 4. The van der Waals surface area contributed by atoms with E-state index in [1.165, 1.54) is 5.56 Å². The summed E-state index contributed by atoms with van der Waals surface area (Å²) in [7, 11) is 1.61. The summed E-state index contributed by atoms with van der Waals surface area (Å²) in [5, 5.41) is 3.82. The number of carbonyl (C=O) groups excluding carboxylic acids is 1. The first-order valence-electron chi connectivity index (χ1n) is 8.14. The quantitative estimate of drug-likeness (QED) is 0.825. The molecule has 7 heteroatoms. The lowest BCUT2D eigenvalue weighted by atomic mass is 9.95. The Balaban J connectivity index is 1.58. The molecule has 2 unspecified atom stereocenters. The summed E-state index contributed by atoms with van der Waals surface area (Å²) >= 11 is 12.0. The number of carbonyl (C=O) groups is 1. The molecular weight excluding hydrogens is 361 g/mol. The molecule has 3 heterocycles. The summed E-state index contributed by atoms with van der Waals surface area (Å²) in [5.41, 5.74) is 2.97. The minimum atomic E-state index is -0.118. The van der Waals surface area contributed by atoms with Crippen LogP contribution in [-0.4, -0.2) is 29.1 Å². The number of amides is 2. The molecule has 2 aromatic rings. The molecule has 2 amide bonds. The van der Waals surface area contributed by atoms with Gasteiger partial charge in [-0.15, -0.1) is 0 Å². The highest BCUT2D eigenvalue weighted by atomic mass is 35.5. The molecule has 5 nitrogen and oxygen atoms in total. The third kappa shape index (κ3) is 2.92. The van der Waals surface area contributed by atoms with Gasteiger partial charge in [0.05, 0.1) is 23.2 Å². The van der Waals surface area contributed by atoms with E-state index in [0.717, 1.165) is 24.8 Å². The van der Waals surface area contributed by atoms with Gasteiger partial charge in [0.25, 0.3) is 0 Å². The molecule has 4 rings (SSSR count). The van der Waals surface area contributed by atoms with Crippen LogP contribution in [0.5, 0.6) is 5.88 Å². The highest BCUT2D eigenvalue weighted by Crippen LogP contribution is 2.44. The van der Waals surface area contributed by atoms with Crippen molar-refractivity contribution < 1.29 is 9.53 Å². The molecule has 0 radical (unpaired) electrons. The predicted molar refractivity (Wildman–Crippen MR) is 97.6 cm³/mol. The molecular formula is C18H17Cl2N3O2. The molecule has 1 N–H and O–H groups in total. The van der Waals surface area contributed by atoms with Gasteiger partial charge in [-0.25, -0.2) is 9.78 Å². The fourth-order valence-electron chi connectivity index (χ4n) is 3.79. The Labute approximate surface area is 155 Å². The molecule has 1 aromatic heterocycles. The van der Waals surface area contributed by atoms with Gasteiger partial charge in [0, 0.05) is 24.0 Å². The minimum Gasteiger partial charge on any atom is -0.481 e. The number of urea groups is 1. The van der Waals surface area contributed by atoms with Crippen molar-refractivity contribution in [3.05, 3.63) is 51.6 Å². The SMILES string of the molecule is COc1cc2c(cn1)C1CCC(C2)N1C(=O)Nc1ccc(Cl)c(Cl)c1. The maximum Gasteiger partial charge on any atom is 0.322 e. The molecule has 25 heavy (non-hydrogen) atoms. The number of halogens is 2. The second-order valence-electron chi connectivity index (χ2n) is 6.34. The van der Waals surface area contributed by atoms with Crippen LogP contribution in [0.1, 0.15) is 30.0 Å². The van der Waals surface area contributed by atoms with Crippen LogP contribution in [0, 0.1) is 0 Å². The van der Waals surface area contributed by atoms with Crippen molar-refractivity contribution in [3.8, 4) is 5.88 Å². The molecule has 2 aliphatic rings. The number of benzene rings is 1. The van der Waals surface area contributed by atoms with E-state index < -0.39 is 0 Å². The number of methoxy groups -OCH3 is 1. The minimum absolute atomic E-state index is 0.0509. The van der Waals surface area contributed by atoms with Crippen LogP contribution >= 0.6 is 23.2 Å². The van der Waals surface area contributed by atoms with E-state index in [9.17, 15) is 4.79 Å². The Morgan fingerprint density at radius 3 is 2.88 bits per heavy atom. The third-order valence-electron chi connectivity index (χ3n) is 4.93. The first-order valence-corrected chi connectivity index (χ1v) is 8.89. The number of aromatic nitrogens is 1. The Bertz CT molecular complexity index is 843. The molecule has 130 valence electrons. The number of nitrogens with zero attached hydrogens (tertiary/aromatic N) is 2. The van der Waals surface area contributed by atoms with E-state index in [1.807, 2.05) is 17.2 Å².